The van der Waals surface area contributed by atoms with Gasteiger partial charge in [-0.15, -0.1) is 11.3 Å². The first kappa shape index (κ1) is 14.1. The molecule has 1 atom stereocenters. The van der Waals surface area contributed by atoms with Crippen molar-refractivity contribution >= 4 is 34.1 Å². The van der Waals surface area contributed by atoms with Crippen LogP contribution in [0, 0.1) is 0 Å². The van der Waals surface area contributed by atoms with E-state index in [2.05, 4.69) is 5.32 Å². The van der Waals surface area contributed by atoms with Crippen molar-refractivity contribution in [2.24, 2.45) is 0 Å². The Morgan fingerprint density at radius 2 is 2.05 bits per heavy atom. The summed E-state index contributed by atoms with van der Waals surface area (Å²) in [6, 6.07) is 0. The lowest BCUT2D eigenvalue weighted by Crippen LogP contribution is -2.61. The Morgan fingerprint density at radius 3 is 2.67 bits per heavy atom. The Hall–Kier alpha value is -1.89. The third-order valence-corrected chi connectivity index (χ3v) is 5.43. The average molecular weight is 307 g/mol. The summed E-state index contributed by atoms with van der Waals surface area (Å²) in [7, 11) is 3.87. The zero-order valence-corrected chi connectivity index (χ0v) is 13.0. The van der Waals surface area contributed by atoms with Gasteiger partial charge in [-0.1, -0.05) is 0 Å². The first-order chi connectivity index (χ1) is 9.84. The van der Waals surface area contributed by atoms with Crippen molar-refractivity contribution in [3.8, 4) is 0 Å². The minimum atomic E-state index is -0.953. The molecule has 3 heterocycles. The summed E-state index contributed by atoms with van der Waals surface area (Å²) >= 11 is 1.54. The number of hydrogen-bond acceptors (Lipinski definition) is 5. The van der Waals surface area contributed by atoms with Crippen LogP contribution in [0.15, 0.2) is 5.38 Å². The predicted molar refractivity (Wildman–Crippen MR) is 79.3 cm³/mol. The molecule has 1 aromatic rings. The fourth-order valence-corrected chi connectivity index (χ4v) is 3.91. The second kappa shape index (κ2) is 4.56. The molecule has 1 fully saturated rings. The lowest BCUT2D eigenvalue weighted by atomic mass is 9.89. The Balaban J connectivity index is 1.94. The van der Waals surface area contributed by atoms with E-state index in [1.165, 1.54) is 11.3 Å². The summed E-state index contributed by atoms with van der Waals surface area (Å²) in [5, 5.41) is 5.23. The summed E-state index contributed by atoms with van der Waals surface area (Å²) in [5.41, 5.74) is 0.696. The molecule has 6 nitrogen and oxygen atoms in total. The second-order valence-electron chi connectivity index (χ2n) is 5.87. The standard InChI is InChI=1S/C14H17N3O3S/c1-14(5-4-10(18)15-13(14)20)17-6-8-9(11(17)19)7-21-12(8)16(2)3/h7H,4-6H2,1-3H3,(H,15,18,20)/t14-/m1/s1. The number of anilines is 1. The number of rotatable bonds is 2. The van der Waals surface area contributed by atoms with Crippen LogP contribution < -0.4 is 10.2 Å². The third-order valence-electron chi connectivity index (χ3n) is 4.25. The largest absolute Gasteiger partial charge is 0.369 e. The van der Waals surface area contributed by atoms with E-state index >= 15 is 0 Å². The number of piperidine rings is 1. The molecule has 0 bridgehead atoms. The van der Waals surface area contributed by atoms with Crippen molar-refractivity contribution in [3.63, 3.8) is 0 Å². The van der Waals surface area contributed by atoms with Gasteiger partial charge in [0.2, 0.25) is 5.91 Å². The van der Waals surface area contributed by atoms with E-state index in [4.69, 9.17) is 0 Å². The third kappa shape index (κ3) is 1.95. The fourth-order valence-electron chi connectivity index (χ4n) is 2.91. The number of amides is 3. The maximum atomic E-state index is 12.6. The van der Waals surface area contributed by atoms with E-state index in [0.717, 1.165) is 10.6 Å². The molecule has 21 heavy (non-hydrogen) atoms. The van der Waals surface area contributed by atoms with E-state index in [1.54, 1.807) is 11.8 Å². The molecule has 7 heteroatoms. The van der Waals surface area contributed by atoms with E-state index in [0.29, 0.717) is 18.5 Å². The SMILES string of the molecule is CN(C)c1scc2c1CN([C@]1(C)CCC(=O)NC1=O)C2=O. The van der Waals surface area contributed by atoms with Gasteiger partial charge in [0.15, 0.2) is 0 Å². The molecule has 1 aromatic heterocycles. The van der Waals surface area contributed by atoms with E-state index in [9.17, 15) is 14.4 Å². The van der Waals surface area contributed by atoms with Crippen LogP contribution in [0.3, 0.4) is 0 Å². The Labute approximate surface area is 126 Å². The molecule has 112 valence electrons. The van der Waals surface area contributed by atoms with Crippen LogP contribution in [0.5, 0.6) is 0 Å². The topological polar surface area (TPSA) is 69.7 Å². The van der Waals surface area contributed by atoms with E-state index in [1.807, 2.05) is 24.4 Å². The van der Waals surface area contributed by atoms with Gasteiger partial charge in [-0.2, -0.15) is 0 Å². The molecule has 0 aromatic carbocycles. The molecular formula is C14H17N3O3S. The predicted octanol–water partition coefficient (Wildman–Crippen LogP) is 0.965. The number of carbonyl (C=O) groups excluding carboxylic acids is 3. The van der Waals surface area contributed by atoms with Crippen LogP contribution in [0.4, 0.5) is 5.00 Å². The molecule has 1 N–H and O–H groups in total. The fraction of sp³-hybridized carbons (Fsp3) is 0.500. The monoisotopic (exact) mass is 307 g/mol. The molecule has 0 spiro atoms. The molecule has 3 amide bonds. The number of nitrogens with one attached hydrogen (secondary N) is 1. The summed E-state index contributed by atoms with van der Waals surface area (Å²) in [4.78, 5) is 39.7. The zero-order chi connectivity index (χ0) is 15.4. The number of nitrogens with zero attached hydrogens (tertiary/aromatic N) is 2. The average Bonchev–Trinajstić information content (AvgIpc) is 2.96. The summed E-state index contributed by atoms with van der Waals surface area (Å²) in [6.07, 6.45) is 0.633. The van der Waals surface area contributed by atoms with Crippen LogP contribution in [0.25, 0.3) is 0 Å². The highest BCUT2D eigenvalue weighted by molar-refractivity contribution is 7.14. The van der Waals surface area contributed by atoms with Crippen molar-refractivity contribution in [1.29, 1.82) is 0 Å². The lowest BCUT2D eigenvalue weighted by molar-refractivity contribution is -0.142. The number of imide groups is 1. The summed E-state index contributed by atoms with van der Waals surface area (Å²) in [5.74, 6) is -0.777. The van der Waals surface area contributed by atoms with Crippen LogP contribution in [0.1, 0.15) is 35.7 Å². The first-order valence-corrected chi connectivity index (χ1v) is 7.66. The highest BCUT2D eigenvalue weighted by Gasteiger charge is 2.49. The van der Waals surface area contributed by atoms with Crippen molar-refractivity contribution < 1.29 is 14.4 Å². The zero-order valence-electron chi connectivity index (χ0n) is 12.2. The van der Waals surface area contributed by atoms with Gasteiger partial charge in [-0.05, 0) is 13.3 Å². The molecule has 2 aliphatic rings. The van der Waals surface area contributed by atoms with Crippen LogP contribution in [0.2, 0.25) is 0 Å². The van der Waals surface area contributed by atoms with Gasteiger partial charge in [0.1, 0.15) is 5.54 Å². The van der Waals surface area contributed by atoms with Crippen molar-refractivity contribution in [2.45, 2.75) is 31.8 Å². The van der Waals surface area contributed by atoms with Gasteiger partial charge in [-0.25, -0.2) is 0 Å². The first-order valence-electron chi connectivity index (χ1n) is 6.78. The Kier molecular flexibility index (Phi) is 3.05. The normalized spacial score (nSPS) is 25.1. The maximum absolute atomic E-state index is 12.6. The van der Waals surface area contributed by atoms with E-state index < -0.39 is 5.54 Å². The van der Waals surface area contributed by atoms with Crippen LogP contribution in [-0.4, -0.2) is 42.3 Å². The molecule has 0 aliphatic carbocycles. The minimum Gasteiger partial charge on any atom is -0.369 e. The van der Waals surface area contributed by atoms with Gasteiger partial charge in [0.05, 0.1) is 17.1 Å². The van der Waals surface area contributed by atoms with Crippen LogP contribution in [-0.2, 0) is 16.1 Å². The minimum absolute atomic E-state index is 0.124. The van der Waals surface area contributed by atoms with Gasteiger partial charge < -0.3 is 9.80 Å². The molecule has 2 aliphatic heterocycles. The number of thiophene rings is 1. The quantitative estimate of drug-likeness (QED) is 0.827. The molecule has 0 saturated carbocycles. The Morgan fingerprint density at radius 1 is 1.33 bits per heavy atom. The highest BCUT2D eigenvalue weighted by Crippen LogP contribution is 2.41. The van der Waals surface area contributed by atoms with Gasteiger partial charge >= 0.3 is 0 Å². The van der Waals surface area contributed by atoms with Crippen LogP contribution >= 0.6 is 11.3 Å². The van der Waals surface area contributed by atoms with Crippen molar-refractivity contribution in [2.75, 3.05) is 19.0 Å². The molecular weight excluding hydrogens is 290 g/mol. The van der Waals surface area contributed by atoms with Crippen molar-refractivity contribution in [1.82, 2.24) is 10.2 Å². The molecule has 3 rings (SSSR count). The lowest BCUT2D eigenvalue weighted by Gasteiger charge is -2.39. The van der Waals surface area contributed by atoms with Gasteiger partial charge in [0, 0.05) is 31.5 Å². The maximum Gasteiger partial charge on any atom is 0.256 e. The van der Waals surface area contributed by atoms with E-state index in [-0.39, 0.29) is 24.1 Å². The second-order valence-corrected chi connectivity index (χ2v) is 6.73. The molecule has 0 unspecified atom stereocenters. The number of carbonyl (C=O) groups is 3. The molecule has 1 saturated heterocycles. The smallest absolute Gasteiger partial charge is 0.256 e. The number of fused-ring (bicyclic) bond motifs is 1. The Bertz CT molecular complexity index is 652. The summed E-state index contributed by atoms with van der Waals surface area (Å²) < 4.78 is 0. The number of hydrogen-bond donors (Lipinski definition) is 1. The van der Waals surface area contributed by atoms with Gasteiger partial charge in [-0.3, -0.25) is 19.7 Å². The molecule has 0 radical (unpaired) electrons. The van der Waals surface area contributed by atoms with Gasteiger partial charge in [0.25, 0.3) is 11.8 Å². The highest BCUT2D eigenvalue weighted by atomic mass is 32.1. The summed E-state index contributed by atoms with van der Waals surface area (Å²) in [6.45, 7) is 2.15. The van der Waals surface area contributed by atoms with Crippen molar-refractivity contribution in [3.05, 3.63) is 16.5 Å².